The highest BCUT2D eigenvalue weighted by atomic mass is 32.1. The molecular formula is C12H17NS. The van der Waals surface area contributed by atoms with Gasteiger partial charge in [-0.2, -0.15) is 12.6 Å². The SMILES string of the molecule is C=C(CS)CN(C)Cc1ccccc1. The Morgan fingerprint density at radius 3 is 2.57 bits per heavy atom. The fourth-order valence-electron chi connectivity index (χ4n) is 1.38. The topological polar surface area (TPSA) is 3.24 Å². The van der Waals surface area contributed by atoms with E-state index in [9.17, 15) is 0 Å². The van der Waals surface area contributed by atoms with Crippen LogP contribution >= 0.6 is 12.6 Å². The maximum atomic E-state index is 4.19. The molecule has 0 amide bonds. The minimum absolute atomic E-state index is 0.763. The van der Waals surface area contributed by atoms with Gasteiger partial charge < -0.3 is 0 Å². The van der Waals surface area contributed by atoms with Gasteiger partial charge in [-0.15, -0.1) is 0 Å². The third kappa shape index (κ3) is 3.99. The quantitative estimate of drug-likeness (QED) is 0.574. The molecule has 0 atom stereocenters. The molecule has 0 unspecified atom stereocenters. The molecule has 0 aliphatic rings. The zero-order valence-corrected chi connectivity index (χ0v) is 9.50. The molecular weight excluding hydrogens is 190 g/mol. The van der Waals surface area contributed by atoms with Crippen LogP contribution in [0.5, 0.6) is 0 Å². The number of nitrogens with zero attached hydrogens (tertiary/aromatic N) is 1. The Labute approximate surface area is 91.8 Å². The zero-order chi connectivity index (χ0) is 10.4. The van der Waals surface area contributed by atoms with Crippen LogP contribution < -0.4 is 0 Å². The van der Waals surface area contributed by atoms with Gasteiger partial charge in [0.25, 0.3) is 0 Å². The summed E-state index contributed by atoms with van der Waals surface area (Å²) in [6.07, 6.45) is 0. The zero-order valence-electron chi connectivity index (χ0n) is 8.61. The van der Waals surface area contributed by atoms with Crippen molar-refractivity contribution in [3.8, 4) is 0 Å². The van der Waals surface area contributed by atoms with Crippen LogP contribution in [0.4, 0.5) is 0 Å². The molecule has 0 aromatic heterocycles. The van der Waals surface area contributed by atoms with Crippen LogP contribution in [0.15, 0.2) is 42.5 Å². The second kappa shape index (κ2) is 5.89. The van der Waals surface area contributed by atoms with Gasteiger partial charge in [0.05, 0.1) is 0 Å². The highest BCUT2D eigenvalue weighted by molar-refractivity contribution is 7.80. The number of hydrogen-bond acceptors (Lipinski definition) is 2. The Kier molecular flexibility index (Phi) is 4.77. The Morgan fingerprint density at radius 1 is 1.36 bits per heavy atom. The summed E-state index contributed by atoms with van der Waals surface area (Å²) in [6.45, 7) is 5.82. The van der Waals surface area contributed by atoms with E-state index in [0.29, 0.717) is 0 Å². The summed E-state index contributed by atoms with van der Waals surface area (Å²) in [6, 6.07) is 10.4. The number of likely N-dealkylation sites (N-methyl/N-ethyl adjacent to an activating group) is 1. The number of hydrogen-bond donors (Lipinski definition) is 1. The van der Waals surface area contributed by atoms with Crippen molar-refractivity contribution >= 4 is 12.6 Å². The molecule has 1 rings (SSSR count). The lowest BCUT2D eigenvalue weighted by Gasteiger charge is -2.17. The van der Waals surface area contributed by atoms with Crippen molar-refractivity contribution in [3.63, 3.8) is 0 Å². The van der Waals surface area contributed by atoms with E-state index in [1.54, 1.807) is 0 Å². The smallest absolute Gasteiger partial charge is 0.0234 e. The minimum atomic E-state index is 0.763. The van der Waals surface area contributed by atoms with Gasteiger partial charge in [-0.3, -0.25) is 4.90 Å². The minimum Gasteiger partial charge on any atom is -0.298 e. The van der Waals surface area contributed by atoms with E-state index >= 15 is 0 Å². The Bertz CT molecular complexity index is 282. The first-order valence-electron chi connectivity index (χ1n) is 4.72. The van der Waals surface area contributed by atoms with Crippen LogP contribution in [-0.2, 0) is 6.54 Å². The largest absolute Gasteiger partial charge is 0.298 e. The van der Waals surface area contributed by atoms with Gasteiger partial charge in [-0.1, -0.05) is 42.5 Å². The van der Waals surface area contributed by atoms with E-state index in [2.05, 4.69) is 55.4 Å². The molecule has 0 aliphatic heterocycles. The normalized spacial score (nSPS) is 10.5. The molecule has 1 aromatic carbocycles. The molecule has 0 saturated heterocycles. The van der Waals surface area contributed by atoms with Crippen LogP contribution in [0, 0.1) is 0 Å². The van der Waals surface area contributed by atoms with E-state index in [-0.39, 0.29) is 0 Å². The molecule has 0 fully saturated rings. The molecule has 0 N–H and O–H groups in total. The van der Waals surface area contributed by atoms with Gasteiger partial charge in [0.2, 0.25) is 0 Å². The van der Waals surface area contributed by atoms with Crippen LogP contribution in [0.25, 0.3) is 0 Å². The lowest BCUT2D eigenvalue weighted by Crippen LogP contribution is -2.20. The summed E-state index contributed by atoms with van der Waals surface area (Å²) in [5.74, 6) is 0.763. The fraction of sp³-hybridized carbons (Fsp3) is 0.333. The first-order chi connectivity index (χ1) is 6.72. The van der Waals surface area contributed by atoms with Gasteiger partial charge in [0.15, 0.2) is 0 Å². The number of benzene rings is 1. The highest BCUT2D eigenvalue weighted by Crippen LogP contribution is 2.04. The second-order valence-corrected chi connectivity index (χ2v) is 3.88. The summed E-state index contributed by atoms with van der Waals surface area (Å²) >= 11 is 4.19. The standard InChI is InChI=1S/C12H17NS/c1-11(10-14)8-13(2)9-12-6-4-3-5-7-12/h3-7,14H,1,8-10H2,2H3. The van der Waals surface area contributed by atoms with Crippen molar-refractivity contribution in [3.05, 3.63) is 48.0 Å². The predicted octanol–water partition coefficient (Wildman–Crippen LogP) is 2.60. The van der Waals surface area contributed by atoms with Crippen molar-refractivity contribution in [1.29, 1.82) is 0 Å². The lowest BCUT2D eigenvalue weighted by molar-refractivity contribution is 0.356. The fourth-order valence-corrected chi connectivity index (χ4v) is 1.48. The third-order valence-electron chi connectivity index (χ3n) is 2.01. The average molecular weight is 207 g/mol. The van der Waals surface area contributed by atoms with Crippen molar-refractivity contribution in [2.75, 3.05) is 19.3 Å². The molecule has 1 aromatic rings. The summed E-state index contributed by atoms with van der Waals surface area (Å²) < 4.78 is 0. The van der Waals surface area contributed by atoms with Gasteiger partial charge in [0.1, 0.15) is 0 Å². The summed E-state index contributed by atoms with van der Waals surface area (Å²) in [7, 11) is 2.10. The summed E-state index contributed by atoms with van der Waals surface area (Å²) in [5, 5.41) is 0. The summed E-state index contributed by atoms with van der Waals surface area (Å²) in [5.41, 5.74) is 2.49. The van der Waals surface area contributed by atoms with E-state index in [1.807, 2.05) is 6.07 Å². The lowest BCUT2D eigenvalue weighted by atomic mass is 10.2. The number of thiol groups is 1. The molecule has 0 aliphatic carbocycles. The molecule has 1 nitrogen and oxygen atoms in total. The molecule has 0 heterocycles. The van der Waals surface area contributed by atoms with Crippen LogP contribution in [0.3, 0.4) is 0 Å². The van der Waals surface area contributed by atoms with Gasteiger partial charge in [-0.05, 0) is 12.6 Å². The Hall–Kier alpha value is -0.730. The van der Waals surface area contributed by atoms with Crippen molar-refractivity contribution in [1.82, 2.24) is 4.90 Å². The highest BCUT2D eigenvalue weighted by Gasteiger charge is 2.00. The molecule has 0 bridgehead atoms. The third-order valence-corrected chi connectivity index (χ3v) is 2.46. The van der Waals surface area contributed by atoms with Crippen molar-refractivity contribution < 1.29 is 0 Å². The predicted molar refractivity (Wildman–Crippen MR) is 65.8 cm³/mol. The molecule has 0 spiro atoms. The van der Waals surface area contributed by atoms with Crippen molar-refractivity contribution in [2.24, 2.45) is 0 Å². The first kappa shape index (κ1) is 11.3. The molecule has 0 saturated carbocycles. The van der Waals surface area contributed by atoms with Gasteiger partial charge in [0, 0.05) is 18.8 Å². The molecule has 14 heavy (non-hydrogen) atoms. The Morgan fingerprint density at radius 2 is 2.00 bits per heavy atom. The van der Waals surface area contributed by atoms with Gasteiger partial charge >= 0.3 is 0 Å². The van der Waals surface area contributed by atoms with Crippen LogP contribution in [0.1, 0.15) is 5.56 Å². The maximum Gasteiger partial charge on any atom is 0.0234 e. The van der Waals surface area contributed by atoms with E-state index in [0.717, 1.165) is 24.4 Å². The molecule has 2 heteroatoms. The van der Waals surface area contributed by atoms with E-state index in [4.69, 9.17) is 0 Å². The summed E-state index contributed by atoms with van der Waals surface area (Å²) in [4.78, 5) is 2.24. The maximum absolute atomic E-state index is 4.19. The first-order valence-corrected chi connectivity index (χ1v) is 5.35. The van der Waals surface area contributed by atoms with E-state index < -0.39 is 0 Å². The Balaban J connectivity index is 2.41. The molecule has 76 valence electrons. The van der Waals surface area contributed by atoms with Crippen LogP contribution in [0.2, 0.25) is 0 Å². The molecule has 0 radical (unpaired) electrons. The van der Waals surface area contributed by atoms with E-state index in [1.165, 1.54) is 5.56 Å². The number of rotatable bonds is 5. The van der Waals surface area contributed by atoms with Crippen LogP contribution in [-0.4, -0.2) is 24.2 Å². The monoisotopic (exact) mass is 207 g/mol. The second-order valence-electron chi connectivity index (χ2n) is 3.57. The van der Waals surface area contributed by atoms with Gasteiger partial charge in [-0.25, -0.2) is 0 Å². The van der Waals surface area contributed by atoms with Crippen molar-refractivity contribution in [2.45, 2.75) is 6.54 Å². The average Bonchev–Trinajstić information content (AvgIpc) is 2.19.